The lowest BCUT2D eigenvalue weighted by Crippen LogP contribution is -2.65. The molecule has 1 aromatic heterocycles. The number of hydrogen-bond donors (Lipinski definition) is 0. The van der Waals surface area contributed by atoms with Gasteiger partial charge in [0.1, 0.15) is 18.9 Å². The quantitative estimate of drug-likeness (QED) is 0.159. The third-order valence-corrected chi connectivity index (χ3v) is 18.1. The van der Waals surface area contributed by atoms with Gasteiger partial charge < -0.3 is 32.4 Å². The van der Waals surface area contributed by atoms with Gasteiger partial charge in [0.2, 0.25) is 0 Å². The highest BCUT2D eigenvalue weighted by Crippen LogP contribution is 2.55. The summed E-state index contributed by atoms with van der Waals surface area (Å²) in [6.45, 7) is 30.5. The van der Waals surface area contributed by atoms with Crippen LogP contribution in [-0.4, -0.2) is 82.6 Å². The molecule has 51 heavy (non-hydrogen) atoms. The van der Waals surface area contributed by atoms with Crippen molar-refractivity contribution in [3.63, 3.8) is 0 Å². The van der Waals surface area contributed by atoms with E-state index in [9.17, 15) is 0 Å². The van der Waals surface area contributed by atoms with Gasteiger partial charge in [0.15, 0.2) is 6.10 Å². The van der Waals surface area contributed by atoms with Crippen molar-refractivity contribution in [2.24, 2.45) is 0 Å². The van der Waals surface area contributed by atoms with E-state index < -0.39 is 35.0 Å². The molecule has 0 radical (unpaired) electrons. The number of fused-ring (bicyclic) bond motifs is 2. The van der Waals surface area contributed by atoms with Crippen molar-refractivity contribution in [3.8, 4) is 17.1 Å². The first-order valence-electron chi connectivity index (χ1n) is 18.4. The van der Waals surface area contributed by atoms with Crippen LogP contribution in [0.15, 0.2) is 36.4 Å². The fraction of sp³-hybridized carbons (Fsp3) is 0.658. The largest absolute Gasteiger partial charge is 0.494 e. The van der Waals surface area contributed by atoms with Gasteiger partial charge in [-0.3, -0.25) is 4.57 Å². The number of ether oxygens (including phenoxy) is 3. The van der Waals surface area contributed by atoms with Crippen LogP contribution in [0.1, 0.15) is 69.2 Å². The third-order valence-electron chi connectivity index (χ3n) is 11.0. The summed E-state index contributed by atoms with van der Waals surface area (Å²) in [5.41, 5.74) is 3.61. The van der Waals surface area contributed by atoms with Crippen molar-refractivity contribution in [1.82, 2.24) is 9.55 Å². The van der Waals surface area contributed by atoms with Gasteiger partial charge >= 0.3 is 15.7 Å². The molecule has 3 aliphatic rings. The van der Waals surface area contributed by atoms with E-state index in [1.165, 1.54) is 0 Å². The lowest BCUT2D eigenvalue weighted by atomic mass is 9.78. The average Bonchev–Trinajstić information content (AvgIpc) is 3.63. The Hall–Kier alpha value is -1.74. The molecular formula is C38H58BClN2O7Si2. The molecule has 6 rings (SSSR count). The molecule has 280 valence electrons. The molecule has 0 aliphatic carbocycles. The third kappa shape index (κ3) is 7.51. The van der Waals surface area contributed by atoms with Gasteiger partial charge in [0.25, 0.3) is 6.01 Å². The molecule has 4 heterocycles. The van der Waals surface area contributed by atoms with Crippen molar-refractivity contribution < 1.29 is 32.4 Å². The molecule has 13 heteroatoms. The summed E-state index contributed by atoms with van der Waals surface area (Å²) in [5.74, 6) is 0. The van der Waals surface area contributed by atoms with E-state index in [2.05, 4.69) is 101 Å². The zero-order chi connectivity index (χ0) is 37.4. The lowest BCUT2D eigenvalue weighted by Gasteiger charge is -2.53. The Bertz CT molecular complexity index is 1700. The molecule has 9 nitrogen and oxygen atoms in total. The number of imidazole rings is 1. The number of hydrogen-bond acceptors (Lipinski definition) is 8. The maximum Gasteiger partial charge on any atom is 0.494 e. The van der Waals surface area contributed by atoms with E-state index in [1.54, 1.807) is 0 Å². The van der Waals surface area contributed by atoms with Crippen LogP contribution in [-0.2, 0) is 34.4 Å². The van der Waals surface area contributed by atoms with Gasteiger partial charge in [0, 0.05) is 30.3 Å². The Morgan fingerprint density at radius 2 is 1.59 bits per heavy atom. The second-order valence-electron chi connectivity index (χ2n) is 18.7. The molecule has 3 fully saturated rings. The van der Waals surface area contributed by atoms with E-state index in [-0.39, 0.29) is 28.4 Å². The standard InChI is InChI=1S/C38H58BClN2O7Si2/c1-35(2,3)51(36(4,5)6)45-23-31-33(47-51)32(22-44-31)46-34-41-29-20-27(28(40)21-30(29)42(34)24-43-18-19-50(11,12)13)25-14-16-26(17-15-25)39-48-37(7,8)38(9,10)49-39/h14-17,20-21,31-33H,18-19,22-24H2,1-13H3/t31-,32-,33-/m1/s1. The Labute approximate surface area is 312 Å². The maximum absolute atomic E-state index is 7.09. The van der Waals surface area contributed by atoms with Crippen molar-refractivity contribution in [3.05, 3.63) is 41.4 Å². The van der Waals surface area contributed by atoms with Crippen molar-refractivity contribution in [1.29, 1.82) is 0 Å². The highest BCUT2D eigenvalue weighted by Gasteiger charge is 2.64. The first-order chi connectivity index (χ1) is 23.5. The second kappa shape index (κ2) is 13.5. The molecule has 0 saturated carbocycles. The molecule has 3 aliphatic heterocycles. The minimum atomic E-state index is -2.74. The summed E-state index contributed by atoms with van der Waals surface area (Å²) < 4.78 is 47.6. The minimum Gasteiger partial charge on any atom is -0.456 e. The number of halogens is 1. The Balaban J connectivity index is 1.30. The fourth-order valence-corrected chi connectivity index (χ4v) is 13.4. The Morgan fingerprint density at radius 3 is 2.18 bits per heavy atom. The molecule has 3 aromatic rings. The molecule has 0 amide bonds. The van der Waals surface area contributed by atoms with Crippen LogP contribution in [0.3, 0.4) is 0 Å². The van der Waals surface area contributed by atoms with Gasteiger partial charge in [-0.25, -0.2) is 0 Å². The minimum absolute atomic E-state index is 0.156. The van der Waals surface area contributed by atoms with E-state index in [1.807, 2.05) is 28.8 Å². The number of aromatic nitrogens is 2. The lowest BCUT2D eigenvalue weighted by molar-refractivity contribution is -0.0659. The van der Waals surface area contributed by atoms with Crippen molar-refractivity contribution in [2.75, 3.05) is 19.8 Å². The Kier molecular flexibility index (Phi) is 10.3. The van der Waals surface area contributed by atoms with Gasteiger partial charge in [0.05, 0.1) is 40.5 Å². The molecule has 3 saturated heterocycles. The molecule has 0 spiro atoms. The second-order valence-corrected chi connectivity index (χ2v) is 29.5. The predicted molar refractivity (Wildman–Crippen MR) is 210 cm³/mol. The average molecular weight is 757 g/mol. The fourth-order valence-electron chi connectivity index (χ4n) is 7.41. The summed E-state index contributed by atoms with van der Waals surface area (Å²) >= 11 is 7.04. The zero-order valence-electron chi connectivity index (χ0n) is 32.9. The number of rotatable bonds is 9. The van der Waals surface area contributed by atoms with Crippen LogP contribution in [0.25, 0.3) is 22.2 Å². The molecule has 0 unspecified atom stereocenters. The normalized spacial score (nSPS) is 24.7. The van der Waals surface area contributed by atoms with Crippen LogP contribution in [0.4, 0.5) is 0 Å². The Morgan fingerprint density at radius 1 is 0.961 bits per heavy atom. The summed E-state index contributed by atoms with van der Waals surface area (Å²) in [5, 5.41) is 0.302. The number of benzene rings is 2. The van der Waals surface area contributed by atoms with Gasteiger partial charge in [-0.1, -0.05) is 97.0 Å². The summed E-state index contributed by atoms with van der Waals surface area (Å²) in [7, 11) is -4.46. The molecular weight excluding hydrogens is 699 g/mol. The van der Waals surface area contributed by atoms with E-state index in [0.29, 0.717) is 37.6 Å². The smallest absolute Gasteiger partial charge is 0.456 e. The van der Waals surface area contributed by atoms with Gasteiger partial charge in [-0.15, -0.1) is 0 Å². The van der Waals surface area contributed by atoms with Crippen LogP contribution < -0.4 is 10.2 Å². The van der Waals surface area contributed by atoms with Crippen molar-refractivity contribution >= 4 is 51.9 Å². The first kappa shape index (κ1) is 39.0. The van der Waals surface area contributed by atoms with Crippen LogP contribution in [0.5, 0.6) is 6.01 Å². The highest BCUT2D eigenvalue weighted by molar-refractivity contribution is 6.76. The SMILES string of the molecule is CC1(C)OB(c2ccc(-c3cc4nc(O[C@@H]5CO[C@@H]6CO[Si](C(C)(C)C)(C(C)(C)C)O[C@H]65)n(COCC[Si](C)(C)C)c4cc3Cl)cc2)OC1(C)C. The van der Waals surface area contributed by atoms with Gasteiger partial charge in [-0.2, -0.15) is 4.98 Å². The number of nitrogens with zero attached hydrogens (tertiary/aromatic N) is 2. The van der Waals surface area contributed by atoms with Crippen molar-refractivity contribution in [2.45, 2.75) is 141 Å². The molecule has 2 aromatic carbocycles. The van der Waals surface area contributed by atoms with Crippen LogP contribution >= 0.6 is 11.6 Å². The molecule has 3 atom stereocenters. The monoisotopic (exact) mass is 756 g/mol. The summed E-state index contributed by atoms with van der Waals surface area (Å²) in [6, 6.07) is 13.7. The molecule has 0 bridgehead atoms. The van der Waals surface area contributed by atoms with E-state index >= 15 is 0 Å². The van der Waals surface area contributed by atoms with Crippen LogP contribution in [0, 0.1) is 0 Å². The zero-order valence-corrected chi connectivity index (χ0v) is 35.7. The van der Waals surface area contributed by atoms with E-state index in [0.717, 1.165) is 33.7 Å². The van der Waals surface area contributed by atoms with Crippen LogP contribution in [0.2, 0.25) is 40.8 Å². The first-order valence-corrected chi connectivity index (χ1v) is 24.3. The summed E-state index contributed by atoms with van der Waals surface area (Å²) in [6.07, 6.45) is -0.829. The molecule has 0 N–H and O–H groups in total. The topological polar surface area (TPSA) is 82.4 Å². The maximum atomic E-state index is 7.09. The predicted octanol–water partition coefficient (Wildman–Crippen LogP) is 8.57. The summed E-state index contributed by atoms with van der Waals surface area (Å²) in [4.78, 5) is 5.05. The van der Waals surface area contributed by atoms with E-state index in [4.69, 9.17) is 49.0 Å². The highest BCUT2D eigenvalue weighted by atomic mass is 35.5. The van der Waals surface area contributed by atoms with Gasteiger partial charge in [-0.05, 0) is 56.9 Å².